The molecule has 2 aromatic heterocycles. The van der Waals surface area contributed by atoms with Crippen LogP contribution in [0, 0.1) is 0 Å². The molecule has 0 radical (unpaired) electrons. The number of carbonyl (C=O) groups is 1. The molecule has 0 spiro atoms. The van der Waals surface area contributed by atoms with E-state index in [1.807, 2.05) is 0 Å². The molecule has 0 bridgehead atoms. The smallest absolute Gasteiger partial charge is 0.270 e. The van der Waals surface area contributed by atoms with Crippen molar-refractivity contribution in [2.45, 2.75) is 0 Å². The fraction of sp³-hybridized carbons (Fsp3) is 0. The van der Waals surface area contributed by atoms with Crippen molar-refractivity contribution in [2.24, 2.45) is 0 Å². The van der Waals surface area contributed by atoms with Crippen molar-refractivity contribution >= 4 is 29.5 Å². The molecule has 0 aliphatic carbocycles. The summed E-state index contributed by atoms with van der Waals surface area (Å²) in [5.41, 5.74) is 0.762. The minimum atomic E-state index is -0.360. The summed E-state index contributed by atoms with van der Waals surface area (Å²) in [6.45, 7) is 0. The summed E-state index contributed by atoms with van der Waals surface area (Å²) in [4.78, 5) is 15.3. The van der Waals surface area contributed by atoms with Crippen molar-refractivity contribution in [3.63, 3.8) is 0 Å². The van der Waals surface area contributed by atoms with E-state index in [1.54, 1.807) is 24.4 Å². The number of H-pyrrole nitrogens is 1. The third kappa shape index (κ3) is 3.35. The Morgan fingerprint density at radius 2 is 2.35 bits per heavy atom. The highest BCUT2D eigenvalue weighted by atomic mass is 35.5. The lowest BCUT2D eigenvalue weighted by atomic mass is 10.2. The van der Waals surface area contributed by atoms with E-state index in [-0.39, 0.29) is 11.9 Å². The van der Waals surface area contributed by atoms with Crippen LogP contribution in [0.25, 0.3) is 6.08 Å². The van der Waals surface area contributed by atoms with Crippen molar-refractivity contribution in [2.75, 3.05) is 5.32 Å². The summed E-state index contributed by atoms with van der Waals surface area (Å²) in [7, 11) is 0. The van der Waals surface area contributed by atoms with Crippen LogP contribution in [0.3, 0.4) is 0 Å². The molecular formula is C9H7ClN6O. The summed E-state index contributed by atoms with van der Waals surface area (Å²) in [6, 6.07) is 3.38. The first kappa shape index (κ1) is 11.2. The van der Waals surface area contributed by atoms with Gasteiger partial charge in [0.05, 0.1) is 0 Å². The molecule has 0 fully saturated rings. The Hall–Kier alpha value is -2.28. The molecule has 17 heavy (non-hydrogen) atoms. The molecule has 2 aromatic rings. The zero-order valence-electron chi connectivity index (χ0n) is 8.46. The topological polar surface area (TPSA) is 96.5 Å². The molecule has 8 heteroatoms. The van der Waals surface area contributed by atoms with Crippen LogP contribution in [-0.4, -0.2) is 31.5 Å². The van der Waals surface area contributed by atoms with E-state index in [4.69, 9.17) is 11.6 Å². The number of anilines is 1. The molecule has 0 aliphatic rings. The number of rotatable bonds is 3. The summed E-state index contributed by atoms with van der Waals surface area (Å²) in [5, 5.41) is 15.5. The minimum Gasteiger partial charge on any atom is -0.288 e. The van der Waals surface area contributed by atoms with E-state index in [0.717, 1.165) is 5.56 Å². The lowest BCUT2D eigenvalue weighted by Gasteiger charge is -1.94. The van der Waals surface area contributed by atoms with Crippen LogP contribution in [-0.2, 0) is 4.79 Å². The van der Waals surface area contributed by atoms with Crippen LogP contribution < -0.4 is 5.32 Å². The number of tetrazole rings is 1. The van der Waals surface area contributed by atoms with Crippen molar-refractivity contribution in [3.05, 3.63) is 35.1 Å². The zero-order chi connectivity index (χ0) is 12.1. The molecule has 0 unspecified atom stereocenters. The fourth-order valence-corrected chi connectivity index (χ4v) is 1.14. The van der Waals surface area contributed by atoms with Gasteiger partial charge in [0.1, 0.15) is 5.15 Å². The van der Waals surface area contributed by atoms with Crippen LogP contribution in [0.4, 0.5) is 5.95 Å². The van der Waals surface area contributed by atoms with Crippen LogP contribution in [0.1, 0.15) is 5.56 Å². The number of aromatic nitrogens is 5. The van der Waals surface area contributed by atoms with Gasteiger partial charge in [-0.05, 0) is 22.9 Å². The van der Waals surface area contributed by atoms with E-state index < -0.39 is 0 Å². The largest absolute Gasteiger partial charge is 0.288 e. The van der Waals surface area contributed by atoms with Crippen LogP contribution >= 0.6 is 11.6 Å². The van der Waals surface area contributed by atoms with Crippen molar-refractivity contribution in [3.8, 4) is 0 Å². The first-order chi connectivity index (χ1) is 8.24. The molecule has 0 aromatic carbocycles. The van der Waals surface area contributed by atoms with Gasteiger partial charge in [0.15, 0.2) is 0 Å². The number of halogens is 1. The fourth-order valence-electron chi connectivity index (χ4n) is 1.02. The second-order valence-electron chi connectivity index (χ2n) is 2.97. The summed E-state index contributed by atoms with van der Waals surface area (Å²) in [6.07, 6.45) is 4.49. The Bertz CT molecular complexity index is 521. The number of nitrogens with one attached hydrogen (secondary N) is 2. The van der Waals surface area contributed by atoms with Gasteiger partial charge in [-0.1, -0.05) is 22.8 Å². The third-order valence-corrected chi connectivity index (χ3v) is 1.98. The first-order valence-corrected chi connectivity index (χ1v) is 4.96. The van der Waals surface area contributed by atoms with E-state index in [2.05, 4.69) is 30.9 Å². The first-order valence-electron chi connectivity index (χ1n) is 4.58. The minimum absolute atomic E-state index is 0.119. The Labute approximate surface area is 101 Å². The molecule has 0 atom stereocenters. The van der Waals surface area contributed by atoms with E-state index >= 15 is 0 Å². The van der Waals surface area contributed by atoms with Gasteiger partial charge in [-0.2, -0.15) is 5.21 Å². The number of pyridine rings is 1. The van der Waals surface area contributed by atoms with E-state index in [1.165, 1.54) is 6.08 Å². The van der Waals surface area contributed by atoms with Gasteiger partial charge in [0.2, 0.25) is 0 Å². The molecule has 86 valence electrons. The van der Waals surface area contributed by atoms with Gasteiger partial charge >= 0.3 is 0 Å². The van der Waals surface area contributed by atoms with Crippen molar-refractivity contribution < 1.29 is 4.79 Å². The van der Waals surface area contributed by atoms with Crippen LogP contribution in [0.15, 0.2) is 24.4 Å². The monoisotopic (exact) mass is 250 g/mol. The Kier molecular flexibility index (Phi) is 3.41. The quantitative estimate of drug-likeness (QED) is 0.623. The Morgan fingerprint density at radius 1 is 1.47 bits per heavy atom. The van der Waals surface area contributed by atoms with Gasteiger partial charge in [-0.25, -0.2) is 4.98 Å². The predicted molar refractivity (Wildman–Crippen MR) is 61.1 cm³/mol. The molecular weight excluding hydrogens is 244 g/mol. The van der Waals surface area contributed by atoms with Gasteiger partial charge in [0.25, 0.3) is 11.9 Å². The molecule has 2 N–H and O–H groups in total. The molecule has 0 saturated carbocycles. The van der Waals surface area contributed by atoms with E-state index in [9.17, 15) is 4.79 Å². The normalized spacial score (nSPS) is 10.6. The average molecular weight is 251 g/mol. The number of amides is 1. The van der Waals surface area contributed by atoms with E-state index in [0.29, 0.717) is 5.15 Å². The molecule has 2 heterocycles. The van der Waals surface area contributed by atoms with Gasteiger partial charge in [-0.15, -0.1) is 5.10 Å². The van der Waals surface area contributed by atoms with Crippen molar-refractivity contribution in [1.82, 2.24) is 25.6 Å². The highest BCUT2D eigenvalue weighted by Gasteiger charge is 2.00. The number of nitrogens with zero attached hydrogens (tertiary/aromatic N) is 4. The molecule has 7 nitrogen and oxygen atoms in total. The molecule has 0 saturated heterocycles. The molecule has 0 aliphatic heterocycles. The van der Waals surface area contributed by atoms with Crippen LogP contribution in [0.5, 0.6) is 0 Å². The zero-order valence-corrected chi connectivity index (χ0v) is 9.22. The lowest BCUT2D eigenvalue weighted by Crippen LogP contribution is -2.09. The standard InChI is InChI=1S/C9H7ClN6O/c10-7-3-1-6(5-11-7)2-4-8(17)12-9-13-15-16-14-9/h1-5H,(H2,12,13,14,15,16,17). The molecule has 2 rings (SSSR count). The maximum atomic E-state index is 11.4. The average Bonchev–Trinajstić information content (AvgIpc) is 2.81. The maximum Gasteiger partial charge on any atom is 0.270 e. The van der Waals surface area contributed by atoms with Gasteiger partial charge in [-0.3, -0.25) is 10.1 Å². The summed E-state index contributed by atoms with van der Waals surface area (Å²) < 4.78 is 0. The lowest BCUT2D eigenvalue weighted by molar-refractivity contribution is -0.111. The molecule has 1 amide bonds. The second-order valence-corrected chi connectivity index (χ2v) is 3.36. The summed E-state index contributed by atoms with van der Waals surface area (Å²) >= 11 is 5.63. The SMILES string of the molecule is O=C(C=Cc1ccc(Cl)nc1)Nc1nn[nH]n1. The van der Waals surface area contributed by atoms with Gasteiger partial charge in [0, 0.05) is 12.3 Å². The van der Waals surface area contributed by atoms with Gasteiger partial charge < -0.3 is 0 Å². The van der Waals surface area contributed by atoms with Crippen LogP contribution in [0.2, 0.25) is 5.15 Å². The highest BCUT2D eigenvalue weighted by Crippen LogP contribution is 2.06. The predicted octanol–water partition coefficient (Wildman–Crippen LogP) is 0.900. The maximum absolute atomic E-state index is 11.4. The number of hydrogen-bond donors (Lipinski definition) is 2. The number of aromatic amines is 1. The number of carbonyl (C=O) groups excluding carboxylic acids is 1. The Morgan fingerprint density at radius 3 is 3.00 bits per heavy atom. The second kappa shape index (κ2) is 5.17. The summed E-state index contributed by atoms with van der Waals surface area (Å²) in [5.74, 6) is -0.241. The highest BCUT2D eigenvalue weighted by molar-refractivity contribution is 6.29. The third-order valence-electron chi connectivity index (χ3n) is 1.76. The number of hydrogen-bond acceptors (Lipinski definition) is 5. The Balaban J connectivity index is 1.96. The van der Waals surface area contributed by atoms with Crippen molar-refractivity contribution in [1.29, 1.82) is 0 Å².